The van der Waals surface area contributed by atoms with Crippen LogP contribution in [0.5, 0.6) is 5.75 Å². The van der Waals surface area contributed by atoms with E-state index in [0.717, 1.165) is 0 Å². The molecule has 1 aromatic rings. The van der Waals surface area contributed by atoms with E-state index >= 15 is 0 Å². The molecule has 1 atom stereocenters. The van der Waals surface area contributed by atoms with Gasteiger partial charge in [0, 0.05) is 0 Å². The summed E-state index contributed by atoms with van der Waals surface area (Å²) in [5.74, 6) is -3.03. The largest absolute Gasteiger partial charge is 0.494 e. The number of methoxy groups -OCH3 is 2. The fourth-order valence-electron chi connectivity index (χ4n) is 1.85. The average Bonchev–Trinajstić information content (AvgIpc) is 2.42. The molecule has 122 valence electrons. The Kier molecular flexibility index (Phi) is 5.91. The Morgan fingerprint density at radius 3 is 2.27 bits per heavy atom. The van der Waals surface area contributed by atoms with Gasteiger partial charge >= 0.3 is 11.9 Å². The molecule has 0 spiro atoms. The molecular formula is C16H21FO5. The Balaban J connectivity index is 2.97. The van der Waals surface area contributed by atoms with Gasteiger partial charge in [-0.05, 0) is 44.9 Å². The standard InChI is InChI=1S/C16H21FO5/c1-16(2,3)22-15(19)11(14(18)21-5)8-10-6-7-13(20-4)12(17)9-10/h6-7,9,11H,8H2,1-5H3. The van der Waals surface area contributed by atoms with Crippen molar-refractivity contribution in [2.24, 2.45) is 5.92 Å². The number of hydrogen-bond donors (Lipinski definition) is 0. The molecule has 6 heteroatoms. The summed E-state index contributed by atoms with van der Waals surface area (Å²) in [7, 11) is 2.55. The van der Waals surface area contributed by atoms with E-state index in [2.05, 4.69) is 4.74 Å². The minimum absolute atomic E-state index is 0.0114. The van der Waals surface area contributed by atoms with Crippen LogP contribution in [-0.4, -0.2) is 31.8 Å². The molecule has 0 heterocycles. The van der Waals surface area contributed by atoms with Crippen LogP contribution >= 0.6 is 0 Å². The first kappa shape index (κ1) is 17.9. The van der Waals surface area contributed by atoms with E-state index in [-0.39, 0.29) is 12.2 Å². The van der Waals surface area contributed by atoms with Gasteiger partial charge in [0.2, 0.25) is 0 Å². The van der Waals surface area contributed by atoms with Gasteiger partial charge in [-0.3, -0.25) is 9.59 Å². The fourth-order valence-corrected chi connectivity index (χ4v) is 1.85. The van der Waals surface area contributed by atoms with Crippen LogP contribution in [0.3, 0.4) is 0 Å². The summed E-state index contributed by atoms with van der Waals surface area (Å²) in [4.78, 5) is 23.9. The number of benzene rings is 1. The minimum Gasteiger partial charge on any atom is -0.494 e. The van der Waals surface area contributed by atoms with Crippen molar-refractivity contribution in [1.82, 2.24) is 0 Å². The van der Waals surface area contributed by atoms with Gasteiger partial charge in [0.1, 0.15) is 5.60 Å². The molecule has 0 aliphatic carbocycles. The SMILES string of the molecule is COC(=O)C(Cc1ccc(OC)c(F)c1)C(=O)OC(C)(C)C. The van der Waals surface area contributed by atoms with E-state index < -0.39 is 29.3 Å². The highest BCUT2D eigenvalue weighted by Crippen LogP contribution is 2.21. The lowest BCUT2D eigenvalue weighted by atomic mass is 9.99. The van der Waals surface area contributed by atoms with Crippen molar-refractivity contribution in [3.8, 4) is 5.75 Å². The molecule has 0 N–H and O–H groups in total. The highest BCUT2D eigenvalue weighted by molar-refractivity contribution is 5.95. The van der Waals surface area contributed by atoms with Crippen LogP contribution in [0.4, 0.5) is 4.39 Å². The zero-order valence-electron chi connectivity index (χ0n) is 13.4. The quantitative estimate of drug-likeness (QED) is 0.617. The molecule has 1 unspecified atom stereocenters. The molecule has 0 bridgehead atoms. The van der Waals surface area contributed by atoms with Crippen LogP contribution in [0.15, 0.2) is 18.2 Å². The smallest absolute Gasteiger partial charge is 0.321 e. The van der Waals surface area contributed by atoms with Gasteiger partial charge in [0.15, 0.2) is 17.5 Å². The van der Waals surface area contributed by atoms with Gasteiger partial charge in [-0.25, -0.2) is 4.39 Å². The molecule has 0 saturated carbocycles. The monoisotopic (exact) mass is 312 g/mol. The molecule has 0 aromatic heterocycles. The Morgan fingerprint density at radius 1 is 1.18 bits per heavy atom. The van der Waals surface area contributed by atoms with E-state index in [0.29, 0.717) is 5.56 Å². The zero-order chi connectivity index (χ0) is 16.9. The Hall–Kier alpha value is -2.11. The van der Waals surface area contributed by atoms with Crippen molar-refractivity contribution in [3.63, 3.8) is 0 Å². The topological polar surface area (TPSA) is 61.8 Å². The third kappa shape index (κ3) is 5.02. The molecule has 0 radical (unpaired) electrons. The number of hydrogen-bond acceptors (Lipinski definition) is 5. The van der Waals surface area contributed by atoms with Gasteiger partial charge in [-0.15, -0.1) is 0 Å². The molecule has 0 aliphatic rings. The first-order valence-corrected chi connectivity index (χ1v) is 6.81. The van der Waals surface area contributed by atoms with Gasteiger partial charge in [-0.1, -0.05) is 6.07 Å². The second kappa shape index (κ2) is 7.24. The van der Waals surface area contributed by atoms with Crippen molar-refractivity contribution in [3.05, 3.63) is 29.6 Å². The van der Waals surface area contributed by atoms with Crippen molar-refractivity contribution >= 4 is 11.9 Å². The normalized spacial score (nSPS) is 12.5. The van der Waals surface area contributed by atoms with Gasteiger partial charge in [-0.2, -0.15) is 0 Å². The summed E-state index contributed by atoms with van der Waals surface area (Å²) in [5, 5.41) is 0. The van der Waals surface area contributed by atoms with Gasteiger partial charge < -0.3 is 14.2 Å². The number of ether oxygens (including phenoxy) is 3. The second-order valence-corrected chi connectivity index (χ2v) is 5.78. The molecule has 0 amide bonds. The maximum absolute atomic E-state index is 13.7. The van der Waals surface area contributed by atoms with Gasteiger partial charge in [0.25, 0.3) is 0 Å². The minimum atomic E-state index is -1.14. The van der Waals surface area contributed by atoms with Crippen molar-refractivity contribution in [2.75, 3.05) is 14.2 Å². The highest BCUT2D eigenvalue weighted by Gasteiger charge is 2.32. The lowest BCUT2D eigenvalue weighted by molar-refractivity contribution is -0.168. The number of carbonyl (C=O) groups excluding carboxylic acids is 2. The second-order valence-electron chi connectivity index (χ2n) is 5.78. The summed E-state index contributed by atoms with van der Waals surface area (Å²) < 4.78 is 28.4. The average molecular weight is 312 g/mol. The maximum Gasteiger partial charge on any atom is 0.321 e. The Bertz CT molecular complexity index is 548. The number of rotatable bonds is 5. The molecule has 22 heavy (non-hydrogen) atoms. The first-order valence-electron chi connectivity index (χ1n) is 6.81. The third-order valence-corrected chi connectivity index (χ3v) is 2.83. The molecular weight excluding hydrogens is 291 g/mol. The third-order valence-electron chi connectivity index (χ3n) is 2.83. The number of carbonyl (C=O) groups is 2. The Labute approximate surface area is 129 Å². The number of esters is 2. The maximum atomic E-state index is 13.7. The fraction of sp³-hybridized carbons (Fsp3) is 0.500. The summed E-state index contributed by atoms with van der Waals surface area (Å²) in [6.07, 6.45) is -0.0114. The molecule has 1 aromatic carbocycles. The van der Waals surface area contributed by atoms with Crippen LogP contribution < -0.4 is 4.74 Å². The molecule has 5 nitrogen and oxygen atoms in total. The van der Waals surface area contributed by atoms with Crippen molar-refractivity contribution in [2.45, 2.75) is 32.8 Å². The Morgan fingerprint density at radius 2 is 1.82 bits per heavy atom. The zero-order valence-corrected chi connectivity index (χ0v) is 13.4. The van der Waals surface area contributed by atoms with Crippen molar-refractivity contribution < 1.29 is 28.2 Å². The lowest BCUT2D eigenvalue weighted by Crippen LogP contribution is -2.34. The van der Waals surface area contributed by atoms with Crippen molar-refractivity contribution in [1.29, 1.82) is 0 Å². The highest BCUT2D eigenvalue weighted by atomic mass is 19.1. The van der Waals surface area contributed by atoms with Crippen LogP contribution in [0.1, 0.15) is 26.3 Å². The predicted octanol–water partition coefficient (Wildman–Crippen LogP) is 2.51. The van der Waals surface area contributed by atoms with Crippen LogP contribution in [0.2, 0.25) is 0 Å². The van der Waals surface area contributed by atoms with E-state index in [4.69, 9.17) is 9.47 Å². The molecule has 0 fully saturated rings. The summed E-state index contributed by atoms with van der Waals surface area (Å²) in [6, 6.07) is 4.25. The molecule has 0 saturated heterocycles. The molecule has 1 rings (SSSR count). The number of halogens is 1. The van der Waals surface area contributed by atoms with E-state index in [1.165, 1.54) is 26.4 Å². The first-order chi connectivity index (χ1) is 10.2. The predicted molar refractivity (Wildman–Crippen MR) is 78.0 cm³/mol. The van der Waals surface area contributed by atoms with E-state index in [1.54, 1.807) is 26.8 Å². The lowest BCUT2D eigenvalue weighted by Gasteiger charge is -2.23. The van der Waals surface area contributed by atoms with E-state index in [1.807, 2.05) is 0 Å². The summed E-state index contributed by atoms with van der Waals surface area (Å²) in [5.41, 5.74) is -0.256. The molecule has 0 aliphatic heterocycles. The van der Waals surface area contributed by atoms with Crippen LogP contribution in [0.25, 0.3) is 0 Å². The van der Waals surface area contributed by atoms with Crippen LogP contribution in [0, 0.1) is 11.7 Å². The van der Waals surface area contributed by atoms with Crippen LogP contribution in [-0.2, 0) is 25.5 Å². The summed E-state index contributed by atoms with van der Waals surface area (Å²) >= 11 is 0. The summed E-state index contributed by atoms with van der Waals surface area (Å²) in [6.45, 7) is 5.10. The van der Waals surface area contributed by atoms with Gasteiger partial charge in [0.05, 0.1) is 14.2 Å². The van der Waals surface area contributed by atoms with E-state index in [9.17, 15) is 14.0 Å².